The van der Waals surface area contributed by atoms with Crippen LogP contribution in [0.3, 0.4) is 0 Å². The maximum atomic E-state index is 13.7. The summed E-state index contributed by atoms with van der Waals surface area (Å²) in [5.41, 5.74) is 7.62. The molecule has 9 heteroatoms. The molecule has 1 saturated carbocycles. The van der Waals surface area contributed by atoms with Gasteiger partial charge in [-0.1, -0.05) is 19.3 Å². The first-order valence-electron chi connectivity index (χ1n) is 12.1. The lowest BCUT2D eigenvalue weighted by molar-refractivity contribution is -0.145. The molecular formula is C27H33ClN4O4. The van der Waals surface area contributed by atoms with Crippen molar-refractivity contribution in [3.63, 3.8) is 0 Å². The molecule has 0 unspecified atom stereocenters. The molecule has 0 saturated heterocycles. The number of amidine groups is 1. The number of hydrogen-bond donors (Lipinski definition) is 2. The number of aromatic nitrogens is 2. The Kier molecular flexibility index (Phi) is 8.74. The highest BCUT2D eigenvalue weighted by Crippen LogP contribution is 2.42. The third kappa shape index (κ3) is 5.70. The number of rotatable bonds is 9. The zero-order valence-corrected chi connectivity index (χ0v) is 21.5. The number of fused-ring (bicyclic) bond motifs is 1. The normalized spacial score (nSPS) is 14.6. The first-order valence-corrected chi connectivity index (χ1v) is 12.1. The summed E-state index contributed by atoms with van der Waals surface area (Å²) in [4.78, 5) is 30.7. The van der Waals surface area contributed by atoms with Crippen molar-refractivity contribution in [3.05, 3.63) is 59.4 Å². The number of nitrogens with zero attached hydrogens (tertiary/aromatic N) is 2. The van der Waals surface area contributed by atoms with Gasteiger partial charge in [0.25, 0.3) is 0 Å². The van der Waals surface area contributed by atoms with Gasteiger partial charge in [0.05, 0.1) is 24.1 Å². The number of nitrogen functional groups attached to an aromatic ring is 1. The second-order valence-electron chi connectivity index (χ2n) is 9.17. The summed E-state index contributed by atoms with van der Waals surface area (Å²) in [5.74, 6) is 1.07. The molecule has 0 bridgehead atoms. The molecule has 36 heavy (non-hydrogen) atoms. The van der Waals surface area contributed by atoms with Crippen molar-refractivity contribution in [1.29, 1.82) is 5.41 Å². The number of ether oxygens (including phenoxy) is 2. The van der Waals surface area contributed by atoms with Crippen LogP contribution in [0.2, 0.25) is 0 Å². The minimum Gasteiger partial charge on any atom is -0.486 e. The summed E-state index contributed by atoms with van der Waals surface area (Å²) >= 11 is 0. The monoisotopic (exact) mass is 512 g/mol. The molecule has 1 fully saturated rings. The molecule has 1 aliphatic rings. The summed E-state index contributed by atoms with van der Waals surface area (Å²) in [5, 5.41) is 7.49. The molecule has 8 nitrogen and oxygen atoms in total. The van der Waals surface area contributed by atoms with Crippen molar-refractivity contribution in [2.75, 3.05) is 6.61 Å². The van der Waals surface area contributed by atoms with E-state index in [2.05, 4.69) is 0 Å². The van der Waals surface area contributed by atoms with Gasteiger partial charge in [-0.15, -0.1) is 12.4 Å². The van der Waals surface area contributed by atoms with E-state index in [1.54, 1.807) is 31.2 Å². The van der Waals surface area contributed by atoms with E-state index in [0.29, 0.717) is 41.8 Å². The van der Waals surface area contributed by atoms with Crippen molar-refractivity contribution in [2.24, 2.45) is 18.2 Å². The number of imidazole rings is 1. The molecule has 2 aromatic carbocycles. The molecule has 0 atom stereocenters. The number of nitrogens with one attached hydrogen (secondary N) is 1. The fourth-order valence-corrected chi connectivity index (χ4v) is 4.91. The zero-order chi connectivity index (χ0) is 25.0. The molecule has 0 radical (unpaired) electrons. The zero-order valence-electron chi connectivity index (χ0n) is 20.7. The van der Waals surface area contributed by atoms with Gasteiger partial charge < -0.3 is 19.8 Å². The van der Waals surface area contributed by atoms with E-state index in [-0.39, 0.29) is 43.0 Å². The van der Waals surface area contributed by atoms with E-state index in [4.69, 9.17) is 25.6 Å². The smallest absolute Gasteiger partial charge is 0.306 e. The minimum atomic E-state index is -0.703. The lowest BCUT2D eigenvalue weighted by atomic mass is 9.67. The molecule has 0 aliphatic heterocycles. The number of benzene rings is 2. The van der Waals surface area contributed by atoms with Crippen LogP contribution < -0.4 is 10.5 Å². The Hall–Kier alpha value is -3.39. The number of esters is 1. The van der Waals surface area contributed by atoms with Gasteiger partial charge in [-0.05, 0) is 62.2 Å². The van der Waals surface area contributed by atoms with Crippen LogP contribution in [0.25, 0.3) is 11.0 Å². The van der Waals surface area contributed by atoms with Crippen molar-refractivity contribution in [2.45, 2.75) is 52.1 Å². The fraction of sp³-hybridized carbons (Fsp3) is 0.407. The third-order valence-corrected chi connectivity index (χ3v) is 6.85. The largest absolute Gasteiger partial charge is 0.486 e. The summed E-state index contributed by atoms with van der Waals surface area (Å²) < 4.78 is 13.0. The number of ketones is 1. The first-order chi connectivity index (χ1) is 16.8. The van der Waals surface area contributed by atoms with Crippen LogP contribution >= 0.6 is 12.4 Å². The van der Waals surface area contributed by atoms with Gasteiger partial charge in [0.2, 0.25) is 0 Å². The maximum absolute atomic E-state index is 13.7. The molecule has 1 aliphatic carbocycles. The standard InChI is InChI=1S/C27H32N4O4.ClH/c1-3-34-24(32)16-27(13-5-4-6-14-27)25(33)19-9-12-22-21(15-19)30-23(31(22)2)17-35-20-10-7-18(8-11-20)26(28)29;/h7-12,15H,3-6,13-14,16-17H2,1-2H3,(H3,28,29);1H. The Bertz CT molecular complexity index is 1250. The molecule has 1 aromatic heterocycles. The van der Waals surface area contributed by atoms with Crippen molar-refractivity contribution in [1.82, 2.24) is 9.55 Å². The fourth-order valence-electron chi connectivity index (χ4n) is 4.91. The van der Waals surface area contributed by atoms with Gasteiger partial charge in [0.1, 0.15) is 24.0 Å². The van der Waals surface area contributed by atoms with E-state index in [0.717, 1.165) is 30.6 Å². The number of nitrogens with two attached hydrogens (primary N) is 1. The number of halogens is 1. The van der Waals surface area contributed by atoms with Gasteiger partial charge >= 0.3 is 5.97 Å². The lowest BCUT2D eigenvalue weighted by Crippen LogP contribution is -2.36. The summed E-state index contributed by atoms with van der Waals surface area (Å²) in [7, 11) is 1.91. The molecule has 4 rings (SSSR count). The highest BCUT2D eigenvalue weighted by molar-refractivity contribution is 6.04. The molecular weight excluding hydrogens is 480 g/mol. The Balaban J connectivity index is 0.00000361. The number of aryl methyl sites for hydroxylation is 1. The highest BCUT2D eigenvalue weighted by Gasteiger charge is 2.42. The van der Waals surface area contributed by atoms with Crippen LogP contribution in [0.5, 0.6) is 5.75 Å². The predicted molar refractivity (Wildman–Crippen MR) is 141 cm³/mol. The summed E-state index contributed by atoms with van der Waals surface area (Å²) in [6.07, 6.45) is 4.48. The van der Waals surface area contributed by atoms with Crippen LogP contribution in [-0.4, -0.2) is 33.7 Å². The number of carbonyl (C=O) groups is 2. The van der Waals surface area contributed by atoms with Crippen LogP contribution in [0.15, 0.2) is 42.5 Å². The van der Waals surface area contributed by atoms with E-state index in [1.165, 1.54) is 0 Å². The van der Waals surface area contributed by atoms with E-state index >= 15 is 0 Å². The van der Waals surface area contributed by atoms with E-state index in [1.807, 2.05) is 29.8 Å². The first kappa shape index (κ1) is 27.2. The van der Waals surface area contributed by atoms with Crippen LogP contribution in [-0.2, 0) is 23.2 Å². The van der Waals surface area contributed by atoms with E-state index < -0.39 is 5.41 Å². The van der Waals surface area contributed by atoms with Crippen LogP contribution in [0, 0.1) is 10.8 Å². The average molecular weight is 513 g/mol. The van der Waals surface area contributed by atoms with Crippen molar-refractivity contribution < 1.29 is 19.1 Å². The number of Topliss-reactive ketones (excluding diaryl/α,β-unsaturated/α-hetero) is 1. The van der Waals surface area contributed by atoms with Gasteiger partial charge in [0.15, 0.2) is 5.78 Å². The summed E-state index contributed by atoms with van der Waals surface area (Å²) in [6, 6.07) is 12.6. The van der Waals surface area contributed by atoms with Gasteiger partial charge in [0, 0.05) is 23.6 Å². The van der Waals surface area contributed by atoms with Gasteiger partial charge in [-0.3, -0.25) is 15.0 Å². The van der Waals surface area contributed by atoms with Crippen molar-refractivity contribution >= 4 is 41.0 Å². The number of carbonyl (C=O) groups excluding carboxylic acids is 2. The van der Waals surface area contributed by atoms with Crippen LogP contribution in [0.4, 0.5) is 0 Å². The van der Waals surface area contributed by atoms with E-state index in [9.17, 15) is 9.59 Å². The Labute approximate surface area is 217 Å². The second kappa shape index (κ2) is 11.6. The lowest BCUT2D eigenvalue weighted by Gasteiger charge is -2.35. The third-order valence-electron chi connectivity index (χ3n) is 6.85. The molecule has 3 N–H and O–H groups in total. The quantitative estimate of drug-likeness (QED) is 0.181. The SMILES string of the molecule is CCOC(=O)CC1(C(=O)c2ccc3c(c2)nc(COc2ccc(C(=N)N)cc2)n3C)CCCCC1.Cl. The van der Waals surface area contributed by atoms with Crippen molar-refractivity contribution in [3.8, 4) is 5.75 Å². The Morgan fingerprint density at radius 1 is 1.08 bits per heavy atom. The molecule has 1 heterocycles. The molecule has 3 aromatic rings. The van der Waals surface area contributed by atoms with Gasteiger partial charge in [-0.25, -0.2) is 4.98 Å². The molecule has 0 amide bonds. The summed E-state index contributed by atoms with van der Waals surface area (Å²) in [6.45, 7) is 2.35. The Morgan fingerprint density at radius 2 is 1.75 bits per heavy atom. The number of hydrogen-bond acceptors (Lipinski definition) is 6. The average Bonchev–Trinajstić information content (AvgIpc) is 3.17. The topological polar surface area (TPSA) is 120 Å². The molecule has 0 spiro atoms. The van der Waals surface area contributed by atoms with Gasteiger partial charge in [-0.2, -0.15) is 0 Å². The highest BCUT2D eigenvalue weighted by atomic mass is 35.5. The second-order valence-corrected chi connectivity index (χ2v) is 9.17. The predicted octanol–water partition coefficient (Wildman–Crippen LogP) is 4.94. The Morgan fingerprint density at radius 3 is 2.39 bits per heavy atom. The van der Waals surface area contributed by atoms with Crippen LogP contribution in [0.1, 0.15) is 67.2 Å². The maximum Gasteiger partial charge on any atom is 0.306 e. The minimum absolute atomic E-state index is 0. The molecule has 192 valence electrons.